The van der Waals surface area contributed by atoms with Gasteiger partial charge in [-0.15, -0.1) is 0 Å². The summed E-state index contributed by atoms with van der Waals surface area (Å²) >= 11 is 12.0. The summed E-state index contributed by atoms with van der Waals surface area (Å²) in [5, 5.41) is 15.0. The third-order valence-corrected chi connectivity index (χ3v) is 3.88. The molecule has 25 heavy (non-hydrogen) atoms. The van der Waals surface area contributed by atoms with Crippen LogP contribution in [0.4, 0.5) is 10.1 Å². The summed E-state index contributed by atoms with van der Waals surface area (Å²) < 4.78 is 18.5. The fourth-order valence-corrected chi connectivity index (χ4v) is 2.79. The largest absolute Gasteiger partial charge is 0.494 e. The summed E-state index contributed by atoms with van der Waals surface area (Å²) in [5.74, 6) is -0.663. The maximum Gasteiger partial charge on any atom is 0.251 e. The van der Waals surface area contributed by atoms with Gasteiger partial charge in [0.25, 0.3) is 5.91 Å². The predicted octanol–water partition coefficient (Wildman–Crippen LogP) is 3.85. The Morgan fingerprint density at radius 2 is 1.96 bits per heavy atom. The van der Waals surface area contributed by atoms with Crippen molar-refractivity contribution in [3.63, 3.8) is 0 Å². The van der Waals surface area contributed by atoms with Crippen LogP contribution < -0.4 is 15.4 Å². The normalized spacial score (nSPS) is 10.0. The molecule has 0 radical (unpaired) electrons. The number of anilines is 1. The molecule has 2 aromatic rings. The number of carbonyl (C=O) groups is 1. The van der Waals surface area contributed by atoms with Gasteiger partial charge < -0.3 is 15.4 Å². The second-order valence-corrected chi connectivity index (χ2v) is 5.74. The van der Waals surface area contributed by atoms with Crippen LogP contribution in [-0.2, 0) is 0 Å². The average molecular weight is 382 g/mol. The molecule has 0 fully saturated rings. The first-order chi connectivity index (χ1) is 12.0. The van der Waals surface area contributed by atoms with Crippen LogP contribution in [0.15, 0.2) is 30.3 Å². The van der Waals surface area contributed by atoms with Crippen LogP contribution in [0.2, 0.25) is 10.0 Å². The highest BCUT2D eigenvalue weighted by molar-refractivity contribution is 6.37. The van der Waals surface area contributed by atoms with Gasteiger partial charge in [0.15, 0.2) is 5.75 Å². The summed E-state index contributed by atoms with van der Waals surface area (Å²) in [4.78, 5) is 12.1. The Morgan fingerprint density at radius 1 is 1.28 bits per heavy atom. The van der Waals surface area contributed by atoms with Crippen molar-refractivity contribution in [2.75, 3.05) is 25.5 Å². The molecule has 0 saturated carbocycles. The minimum atomic E-state index is -0.598. The number of amides is 1. The minimum Gasteiger partial charge on any atom is -0.494 e. The van der Waals surface area contributed by atoms with Gasteiger partial charge in [-0.1, -0.05) is 29.3 Å². The molecule has 0 atom stereocenters. The van der Waals surface area contributed by atoms with Crippen molar-refractivity contribution in [1.82, 2.24) is 5.32 Å². The molecular formula is C17H14Cl2FN3O2. The van der Waals surface area contributed by atoms with Crippen LogP contribution >= 0.6 is 23.2 Å². The van der Waals surface area contributed by atoms with Crippen molar-refractivity contribution in [2.45, 2.75) is 0 Å². The van der Waals surface area contributed by atoms with Gasteiger partial charge in [-0.3, -0.25) is 4.79 Å². The summed E-state index contributed by atoms with van der Waals surface area (Å²) in [5.41, 5.74) is 0.592. The Morgan fingerprint density at radius 3 is 2.56 bits per heavy atom. The number of methoxy groups -OCH3 is 1. The zero-order valence-electron chi connectivity index (χ0n) is 13.2. The smallest absolute Gasteiger partial charge is 0.251 e. The molecule has 130 valence electrons. The third kappa shape index (κ3) is 4.53. The second kappa shape index (κ2) is 8.56. The molecule has 5 nitrogen and oxygen atoms in total. The highest BCUT2D eigenvalue weighted by Gasteiger charge is 2.13. The van der Waals surface area contributed by atoms with E-state index in [1.165, 1.54) is 31.4 Å². The van der Waals surface area contributed by atoms with Crippen LogP contribution in [0, 0.1) is 17.1 Å². The van der Waals surface area contributed by atoms with Crippen LogP contribution in [0.25, 0.3) is 0 Å². The predicted molar refractivity (Wildman–Crippen MR) is 95.0 cm³/mol. The van der Waals surface area contributed by atoms with E-state index < -0.39 is 5.82 Å². The van der Waals surface area contributed by atoms with Crippen molar-refractivity contribution in [3.8, 4) is 11.8 Å². The number of nitrogens with one attached hydrogen (secondary N) is 2. The molecule has 0 heterocycles. The lowest BCUT2D eigenvalue weighted by Crippen LogP contribution is -2.29. The zero-order chi connectivity index (χ0) is 18.4. The fourth-order valence-electron chi connectivity index (χ4n) is 2.15. The van der Waals surface area contributed by atoms with E-state index in [4.69, 9.17) is 33.2 Å². The van der Waals surface area contributed by atoms with Crippen molar-refractivity contribution in [1.29, 1.82) is 5.26 Å². The van der Waals surface area contributed by atoms with Crippen molar-refractivity contribution < 1.29 is 13.9 Å². The van der Waals surface area contributed by atoms with Gasteiger partial charge in [-0.25, -0.2) is 4.39 Å². The van der Waals surface area contributed by atoms with E-state index in [1.807, 2.05) is 0 Å². The molecule has 0 spiro atoms. The molecule has 1 amide bonds. The number of nitriles is 1. The molecule has 0 aliphatic carbocycles. The molecule has 8 heteroatoms. The molecule has 2 aromatic carbocycles. The molecule has 0 aromatic heterocycles. The van der Waals surface area contributed by atoms with E-state index in [2.05, 4.69) is 10.6 Å². The number of hydrogen-bond donors (Lipinski definition) is 2. The Kier molecular flexibility index (Phi) is 6.45. The quantitative estimate of drug-likeness (QED) is 0.745. The highest BCUT2D eigenvalue weighted by Crippen LogP contribution is 2.33. The van der Waals surface area contributed by atoms with Crippen molar-refractivity contribution >= 4 is 34.8 Å². The lowest BCUT2D eigenvalue weighted by atomic mass is 10.2. The van der Waals surface area contributed by atoms with Gasteiger partial charge in [0, 0.05) is 18.7 Å². The maximum atomic E-state index is 13.5. The number of ether oxygens (including phenoxy) is 1. The molecule has 0 bridgehead atoms. The van der Waals surface area contributed by atoms with E-state index in [0.29, 0.717) is 23.5 Å². The lowest BCUT2D eigenvalue weighted by molar-refractivity contribution is 0.0955. The maximum absolute atomic E-state index is 13.5. The SMILES string of the molecule is COc1c(Cl)cc(C(=O)NCCNc2cccc(F)c2C#N)cc1Cl. The third-order valence-electron chi connectivity index (χ3n) is 3.32. The van der Waals surface area contributed by atoms with E-state index in [9.17, 15) is 9.18 Å². The van der Waals surface area contributed by atoms with E-state index in [1.54, 1.807) is 12.1 Å². The number of hydrogen-bond acceptors (Lipinski definition) is 4. The number of nitrogens with zero attached hydrogens (tertiary/aromatic N) is 1. The number of benzene rings is 2. The average Bonchev–Trinajstić information content (AvgIpc) is 2.58. The molecule has 0 saturated heterocycles. The van der Waals surface area contributed by atoms with Gasteiger partial charge in [-0.2, -0.15) is 5.26 Å². The first kappa shape index (κ1) is 18.8. The number of rotatable bonds is 6. The minimum absolute atomic E-state index is 0.0671. The van der Waals surface area contributed by atoms with Gasteiger partial charge >= 0.3 is 0 Å². The molecular weight excluding hydrogens is 368 g/mol. The molecule has 0 aliphatic heterocycles. The summed E-state index contributed by atoms with van der Waals surface area (Å²) in [6, 6.07) is 9.00. The van der Waals surface area contributed by atoms with Crippen LogP contribution in [0.1, 0.15) is 15.9 Å². The van der Waals surface area contributed by atoms with Gasteiger partial charge in [0.2, 0.25) is 0 Å². The van der Waals surface area contributed by atoms with Crippen LogP contribution in [0.5, 0.6) is 5.75 Å². The monoisotopic (exact) mass is 381 g/mol. The Bertz CT molecular complexity index is 814. The van der Waals surface area contributed by atoms with E-state index in [0.717, 1.165) is 0 Å². The van der Waals surface area contributed by atoms with Crippen molar-refractivity contribution in [3.05, 3.63) is 57.3 Å². The highest BCUT2D eigenvalue weighted by atomic mass is 35.5. The van der Waals surface area contributed by atoms with Gasteiger partial charge in [0.1, 0.15) is 17.4 Å². The molecule has 2 N–H and O–H groups in total. The van der Waals surface area contributed by atoms with E-state index in [-0.39, 0.29) is 28.1 Å². The first-order valence-corrected chi connectivity index (χ1v) is 7.97. The number of carbonyl (C=O) groups excluding carboxylic acids is 1. The van der Waals surface area contributed by atoms with Crippen LogP contribution in [0.3, 0.4) is 0 Å². The molecule has 0 aliphatic rings. The summed E-state index contributed by atoms with van der Waals surface area (Å²) in [6.07, 6.45) is 0. The number of halogens is 3. The van der Waals surface area contributed by atoms with Crippen molar-refractivity contribution in [2.24, 2.45) is 0 Å². The zero-order valence-corrected chi connectivity index (χ0v) is 14.7. The topological polar surface area (TPSA) is 74.2 Å². The molecule has 0 unspecified atom stereocenters. The summed E-state index contributed by atoms with van der Waals surface area (Å²) in [7, 11) is 1.43. The van der Waals surface area contributed by atoms with Gasteiger partial charge in [-0.05, 0) is 24.3 Å². The first-order valence-electron chi connectivity index (χ1n) is 7.21. The summed E-state index contributed by atoms with van der Waals surface area (Å²) in [6.45, 7) is 0.559. The fraction of sp³-hybridized carbons (Fsp3) is 0.176. The van der Waals surface area contributed by atoms with Crippen LogP contribution in [-0.4, -0.2) is 26.1 Å². The van der Waals surface area contributed by atoms with Gasteiger partial charge in [0.05, 0.1) is 22.8 Å². The van der Waals surface area contributed by atoms with E-state index >= 15 is 0 Å². The molecule has 2 rings (SSSR count). The Hall–Kier alpha value is -2.49. The second-order valence-electron chi connectivity index (χ2n) is 4.93. The Labute approximate surface area is 154 Å². The Balaban J connectivity index is 1.94. The standard InChI is InChI=1S/C17H14Cl2FN3O2/c1-25-16-12(18)7-10(8-13(16)19)17(24)23-6-5-22-15-4-2-3-14(20)11(15)9-21/h2-4,7-8,22H,5-6H2,1H3,(H,23,24). The lowest BCUT2D eigenvalue weighted by Gasteiger charge is -2.11.